The molecule has 0 fully saturated rings. The van der Waals surface area contributed by atoms with Gasteiger partial charge in [0.05, 0.1) is 9.79 Å². The fourth-order valence-electron chi connectivity index (χ4n) is 3.73. The van der Waals surface area contributed by atoms with Gasteiger partial charge in [0.15, 0.2) is 0 Å². The van der Waals surface area contributed by atoms with Gasteiger partial charge in [0, 0.05) is 19.6 Å². The molecule has 194 valence electrons. The van der Waals surface area contributed by atoms with Crippen LogP contribution in [0.1, 0.15) is 29.5 Å². The van der Waals surface area contributed by atoms with Gasteiger partial charge in [0.2, 0.25) is 20.0 Å². The maximum Gasteiger partial charge on any atom is 0.240 e. The zero-order valence-electron chi connectivity index (χ0n) is 20.9. The first-order valence-corrected chi connectivity index (χ1v) is 15.0. The van der Waals surface area contributed by atoms with Crippen LogP contribution in [0.2, 0.25) is 0 Å². The highest BCUT2D eigenvalue weighted by atomic mass is 32.2. The Morgan fingerprint density at radius 3 is 1.44 bits per heavy atom. The summed E-state index contributed by atoms with van der Waals surface area (Å²) in [5, 5.41) is 0. The van der Waals surface area contributed by atoms with Gasteiger partial charge >= 0.3 is 0 Å². The van der Waals surface area contributed by atoms with E-state index < -0.39 is 20.0 Å². The second-order valence-corrected chi connectivity index (χ2v) is 12.4. The van der Waals surface area contributed by atoms with Crippen LogP contribution in [-0.2, 0) is 26.6 Å². The van der Waals surface area contributed by atoms with Crippen molar-refractivity contribution in [1.29, 1.82) is 0 Å². The van der Waals surface area contributed by atoms with Crippen molar-refractivity contribution in [2.75, 3.05) is 26.2 Å². The third-order valence-corrected chi connectivity index (χ3v) is 8.75. The Hall–Kier alpha value is -2.56. The monoisotopic (exact) mass is 529 g/mol. The molecule has 0 aliphatic carbocycles. The van der Waals surface area contributed by atoms with Gasteiger partial charge in [-0.15, -0.1) is 0 Å². The van der Waals surface area contributed by atoms with Crippen molar-refractivity contribution < 1.29 is 16.8 Å². The van der Waals surface area contributed by atoms with Crippen molar-refractivity contribution in [1.82, 2.24) is 14.3 Å². The van der Waals surface area contributed by atoms with Gasteiger partial charge < -0.3 is 0 Å². The van der Waals surface area contributed by atoms with E-state index in [4.69, 9.17) is 0 Å². The summed E-state index contributed by atoms with van der Waals surface area (Å²) >= 11 is 0. The van der Waals surface area contributed by atoms with E-state index in [1.54, 1.807) is 48.5 Å². The highest BCUT2D eigenvalue weighted by Crippen LogP contribution is 2.12. The Balaban J connectivity index is 1.51. The fraction of sp³-hybridized carbons (Fsp3) is 0.333. The van der Waals surface area contributed by atoms with Gasteiger partial charge in [-0.1, -0.05) is 65.7 Å². The van der Waals surface area contributed by atoms with E-state index in [-0.39, 0.29) is 9.79 Å². The summed E-state index contributed by atoms with van der Waals surface area (Å²) in [4.78, 5) is 2.74. The molecule has 0 radical (unpaired) electrons. The molecule has 3 aromatic carbocycles. The molecule has 3 rings (SSSR count). The van der Waals surface area contributed by atoms with Crippen molar-refractivity contribution in [3.05, 3.63) is 95.6 Å². The topological polar surface area (TPSA) is 95.6 Å². The first-order valence-electron chi connectivity index (χ1n) is 12.0. The SMILES string of the molecule is Cc1ccc(S(=O)(=O)NCCCN(CCCNS(=O)(=O)c2ccc(C)cc2)Cc2ccccc2)cc1. The number of sulfonamides is 2. The Morgan fingerprint density at radius 1 is 0.611 bits per heavy atom. The third kappa shape index (κ3) is 8.83. The summed E-state index contributed by atoms with van der Waals surface area (Å²) in [5.41, 5.74) is 3.16. The van der Waals surface area contributed by atoms with E-state index in [0.717, 1.165) is 16.7 Å². The van der Waals surface area contributed by atoms with E-state index in [1.165, 1.54) is 0 Å². The number of nitrogens with one attached hydrogen (secondary N) is 2. The summed E-state index contributed by atoms with van der Waals surface area (Å²) in [6.45, 7) is 6.53. The lowest BCUT2D eigenvalue weighted by Gasteiger charge is -2.22. The predicted octanol–water partition coefficient (Wildman–Crippen LogP) is 3.84. The Labute approximate surface area is 215 Å². The summed E-state index contributed by atoms with van der Waals surface area (Å²) in [7, 11) is -7.09. The van der Waals surface area contributed by atoms with Crippen LogP contribution in [0.5, 0.6) is 0 Å². The maximum atomic E-state index is 12.5. The average Bonchev–Trinajstić information content (AvgIpc) is 2.85. The molecule has 0 aliphatic heterocycles. The van der Waals surface area contributed by atoms with Crippen LogP contribution in [0.4, 0.5) is 0 Å². The second-order valence-electron chi connectivity index (χ2n) is 8.89. The molecule has 0 saturated heterocycles. The van der Waals surface area contributed by atoms with Gasteiger partial charge in [-0.25, -0.2) is 26.3 Å². The molecule has 0 amide bonds. The largest absolute Gasteiger partial charge is 0.299 e. The molecule has 2 N–H and O–H groups in total. The molecular formula is C27H35N3O4S2. The molecule has 36 heavy (non-hydrogen) atoms. The normalized spacial score (nSPS) is 12.2. The Bertz CT molecular complexity index is 1210. The molecule has 3 aromatic rings. The van der Waals surface area contributed by atoms with Gasteiger partial charge in [-0.3, -0.25) is 4.90 Å². The highest BCUT2D eigenvalue weighted by Gasteiger charge is 2.15. The van der Waals surface area contributed by atoms with Gasteiger partial charge in [0.1, 0.15) is 0 Å². The molecule has 0 unspecified atom stereocenters. The predicted molar refractivity (Wildman–Crippen MR) is 144 cm³/mol. The minimum Gasteiger partial charge on any atom is -0.299 e. The summed E-state index contributed by atoms with van der Waals surface area (Å²) in [6, 6.07) is 23.6. The number of hydrogen-bond acceptors (Lipinski definition) is 5. The number of nitrogens with zero attached hydrogens (tertiary/aromatic N) is 1. The molecule has 0 atom stereocenters. The zero-order chi connectivity index (χ0) is 26.0. The molecule has 0 saturated carbocycles. The molecule has 0 heterocycles. The van der Waals surface area contributed by atoms with Crippen LogP contribution in [0.25, 0.3) is 0 Å². The van der Waals surface area contributed by atoms with E-state index >= 15 is 0 Å². The van der Waals surface area contributed by atoms with Gasteiger partial charge in [-0.2, -0.15) is 0 Å². The minimum absolute atomic E-state index is 0.259. The quantitative estimate of drug-likeness (QED) is 0.310. The smallest absolute Gasteiger partial charge is 0.240 e. The summed E-state index contributed by atoms with van der Waals surface area (Å²) in [5.74, 6) is 0. The zero-order valence-corrected chi connectivity index (χ0v) is 22.5. The van der Waals surface area contributed by atoms with Gasteiger partial charge in [0.25, 0.3) is 0 Å². The van der Waals surface area contributed by atoms with E-state index in [0.29, 0.717) is 45.6 Å². The second kappa shape index (κ2) is 13.1. The van der Waals surface area contributed by atoms with Crippen molar-refractivity contribution in [2.24, 2.45) is 0 Å². The van der Waals surface area contributed by atoms with Crippen LogP contribution in [0, 0.1) is 13.8 Å². The molecule has 0 bridgehead atoms. The average molecular weight is 530 g/mol. The molecular weight excluding hydrogens is 494 g/mol. The Morgan fingerprint density at radius 2 is 1.03 bits per heavy atom. The van der Waals surface area contributed by atoms with Crippen LogP contribution in [0.15, 0.2) is 88.7 Å². The van der Waals surface area contributed by atoms with Crippen molar-refractivity contribution in [3.8, 4) is 0 Å². The van der Waals surface area contributed by atoms with Gasteiger partial charge in [-0.05, 0) is 69.6 Å². The lowest BCUT2D eigenvalue weighted by molar-refractivity contribution is 0.260. The van der Waals surface area contributed by atoms with Crippen LogP contribution >= 0.6 is 0 Å². The van der Waals surface area contributed by atoms with Crippen LogP contribution in [-0.4, -0.2) is 47.9 Å². The van der Waals surface area contributed by atoms with Crippen molar-refractivity contribution in [2.45, 2.75) is 43.0 Å². The summed E-state index contributed by atoms with van der Waals surface area (Å²) in [6.07, 6.45) is 1.26. The van der Waals surface area contributed by atoms with E-state index in [1.807, 2.05) is 44.2 Å². The first-order chi connectivity index (χ1) is 17.2. The molecule has 9 heteroatoms. The number of aryl methyl sites for hydroxylation is 2. The van der Waals surface area contributed by atoms with E-state index in [9.17, 15) is 16.8 Å². The Kier molecular flexibility index (Phi) is 10.2. The first kappa shape index (κ1) is 28.0. The summed E-state index contributed by atoms with van der Waals surface area (Å²) < 4.78 is 55.5. The van der Waals surface area contributed by atoms with Crippen molar-refractivity contribution >= 4 is 20.0 Å². The number of benzene rings is 3. The third-order valence-electron chi connectivity index (χ3n) is 5.80. The molecule has 0 spiro atoms. The lowest BCUT2D eigenvalue weighted by Crippen LogP contribution is -2.32. The molecule has 0 aliphatic rings. The van der Waals surface area contributed by atoms with E-state index in [2.05, 4.69) is 14.3 Å². The number of rotatable bonds is 14. The minimum atomic E-state index is -3.55. The lowest BCUT2D eigenvalue weighted by atomic mass is 10.2. The van der Waals surface area contributed by atoms with Crippen LogP contribution in [0.3, 0.4) is 0 Å². The maximum absolute atomic E-state index is 12.5. The van der Waals surface area contributed by atoms with Crippen LogP contribution < -0.4 is 9.44 Å². The van der Waals surface area contributed by atoms with Crippen molar-refractivity contribution in [3.63, 3.8) is 0 Å². The molecule has 7 nitrogen and oxygen atoms in total. The number of hydrogen-bond donors (Lipinski definition) is 2. The molecule has 0 aromatic heterocycles. The highest BCUT2D eigenvalue weighted by molar-refractivity contribution is 7.89. The standard InChI is InChI=1S/C27H35N3O4S2/c1-23-10-14-26(15-11-23)35(31,32)28-18-6-20-30(22-25-8-4-3-5-9-25)21-7-19-29-36(33,34)27-16-12-24(2)13-17-27/h3-5,8-17,28-29H,6-7,18-22H2,1-2H3. The fourth-order valence-corrected chi connectivity index (χ4v) is 5.88.